The van der Waals surface area contributed by atoms with E-state index >= 15 is 0 Å². The van der Waals surface area contributed by atoms with Crippen LogP contribution in [0.25, 0.3) is 0 Å². The highest BCUT2D eigenvalue weighted by molar-refractivity contribution is 5.78. The van der Waals surface area contributed by atoms with Crippen molar-refractivity contribution < 1.29 is 9.90 Å². The van der Waals surface area contributed by atoms with Gasteiger partial charge in [0.15, 0.2) is 0 Å². The first-order chi connectivity index (χ1) is 8.70. The first-order valence-corrected chi connectivity index (χ1v) is 6.75. The SMILES string of the molecule is CCCCCN(c1ccccc1)C(CC)C(=O)O. The zero-order valence-corrected chi connectivity index (χ0v) is 11.3. The number of carboxylic acids is 1. The molecule has 0 spiro atoms. The Labute approximate surface area is 109 Å². The van der Waals surface area contributed by atoms with Gasteiger partial charge in [0.1, 0.15) is 6.04 Å². The van der Waals surface area contributed by atoms with Crippen molar-refractivity contribution in [3.05, 3.63) is 30.3 Å². The van der Waals surface area contributed by atoms with Gasteiger partial charge in [0, 0.05) is 12.2 Å². The normalized spacial score (nSPS) is 12.1. The van der Waals surface area contributed by atoms with Crippen LogP contribution in [-0.2, 0) is 4.79 Å². The van der Waals surface area contributed by atoms with Crippen molar-refractivity contribution in [2.75, 3.05) is 11.4 Å². The summed E-state index contributed by atoms with van der Waals surface area (Å²) in [5.41, 5.74) is 1.00. The minimum atomic E-state index is -0.738. The van der Waals surface area contributed by atoms with Gasteiger partial charge < -0.3 is 10.0 Å². The Morgan fingerprint density at radius 3 is 2.39 bits per heavy atom. The van der Waals surface area contributed by atoms with Crippen LogP contribution in [0.2, 0.25) is 0 Å². The average Bonchev–Trinajstić information content (AvgIpc) is 2.38. The van der Waals surface area contributed by atoms with E-state index in [9.17, 15) is 9.90 Å². The summed E-state index contributed by atoms with van der Waals surface area (Å²) >= 11 is 0. The predicted octanol–water partition coefficient (Wildman–Crippen LogP) is 3.55. The van der Waals surface area contributed by atoms with E-state index in [1.165, 1.54) is 0 Å². The van der Waals surface area contributed by atoms with Gasteiger partial charge in [-0.3, -0.25) is 0 Å². The Balaban J connectivity index is 2.83. The molecule has 3 heteroatoms. The Morgan fingerprint density at radius 1 is 1.22 bits per heavy atom. The van der Waals surface area contributed by atoms with E-state index in [-0.39, 0.29) is 0 Å². The number of unbranched alkanes of at least 4 members (excludes halogenated alkanes) is 2. The highest BCUT2D eigenvalue weighted by Gasteiger charge is 2.23. The van der Waals surface area contributed by atoms with E-state index in [2.05, 4.69) is 6.92 Å². The summed E-state index contributed by atoms with van der Waals surface area (Å²) in [6.45, 7) is 4.89. The topological polar surface area (TPSA) is 40.5 Å². The summed E-state index contributed by atoms with van der Waals surface area (Å²) < 4.78 is 0. The monoisotopic (exact) mass is 249 g/mol. The van der Waals surface area contributed by atoms with Gasteiger partial charge in [-0.2, -0.15) is 0 Å². The molecule has 0 amide bonds. The molecule has 0 radical (unpaired) electrons. The Morgan fingerprint density at radius 2 is 1.89 bits per heavy atom. The number of hydrogen-bond donors (Lipinski definition) is 1. The maximum Gasteiger partial charge on any atom is 0.326 e. The predicted molar refractivity (Wildman–Crippen MR) is 75.0 cm³/mol. The van der Waals surface area contributed by atoms with E-state index in [0.717, 1.165) is 31.5 Å². The molecular weight excluding hydrogens is 226 g/mol. The minimum Gasteiger partial charge on any atom is -0.480 e. The van der Waals surface area contributed by atoms with Crippen molar-refractivity contribution in [1.29, 1.82) is 0 Å². The minimum absolute atomic E-state index is 0.427. The fourth-order valence-corrected chi connectivity index (χ4v) is 2.14. The van der Waals surface area contributed by atoms with Gasteiger partial charge in [0.2, 0.25) is 0 Å². The van der Waals surface area contributed by atoms with Gasteiger partial charge in [0.25, 0.3) is 0 Å². The molecule has 0 bridgehead atoms. The molecule has 0 heterocycles. The largest absolute Gasteiger partial charge is 0.480 e. The molecule has 0 aliphatic carbocycles. The summed E-state index contributed by atoms with van der Waals surface area (Å²) in [6.07, 6.45) is 3.94. The molecule has 1 unspecified atom stereocenters. The van der Waals surface area contributed by atoms with Gasteiger partial charge >= 0.3 is 5.97 Å². The summed E-state index contributed by atoms with van der Waals surface area (Å²) in [7, 11) is 0. The third-order valence-electron chi connectivity index (χ3n) is 3.14. The zero-order chi connectivity index (χ0) is 13.4. The van der Waals surface area contributed by atoms with Crippen LogP contribution in [-0.4, -0.2) is 23.7 Å². The fraction of sp³-hybridized carbons (Fsp3) is 0.533. The van der Waals surface area contributed by atoms with Gasteiger partial charge in [-0.05, 0) is 25.0 Å². The van der Waals surface area contributed by atoms with Crippen LogP contribution in [0.15, 0.2) is 30.3 Å². The lowest BCUT2D eigenvalue weighted by molar-refractivity contribution is -0.138. The molecule has 0 saturated carbocycles. The Bertz CT molecular complexity index is 351. The lowest BCUT2D eigenvalue weighted by Crippen LogP contribution is -2.41. The van der Waals surface area contributed by atoms with Crippen molar-refractivity contribution in [3.8, 4) is 0 Å². The average molecular weight is 249 g/mol. The quantitative estimate of drug-likeness (QED) is 0.716. The Hall–Kier alpha value is -1.51. The second kappa shape index (κ2) is 7.75. The van der Waals surface area contributed by atoms with Gasteiger partial charge in [0.05, 0.1) is 0 Å². The lowest BCUT2D eigenvalue weighted by atomic mass is 10.1. The highest BCUT2D eigenvalue weighted by atomic mass is 16.4. The number of aliphatic carboxylic acids is 1. The van der Waals surface area contributed by atoms with Crippen LogP contribution in [0.4, 0.5) is 5.69 Å². The highest BCUT2D eigenvalue weighted by Crippen LogP contribution is 2.19. The molecule has 0 aromatic heterocycles. The Kier molecular flexibility index (Phi) is 6.26. The number of hydrogen-bond acceptors (Lipinski definition) is 2. The van der Waals surface area contributed by atoms with Crippen LogP contribution in [0.1, 0.15) is 39.5 Å². The second-order valence-electron chi connectivity index (χ2n) is 4.50. The number of rotatable bonds is 8. The van der Waals surface area contributed by atoms with Crippen LogP contribution < -0.4 is 4.90 Å². The number of carbonyl (C=O) groups is 1. The summed E-state index contributed by atoms with van der Waals surface area (Å²) in [5.74, 6) is -0.738. The molecule has 1 rings (SSSR count). The van der Waals surface area contributed by atoms with Crippen molar-refractivity contribution in [2.24, 2.45) is 0 Å². The number of carboxylic acid groups (broad SMARTS) is 1. The maximum atomic E-state index is 11.3. The standard InChI is InChI=1S/C15H23NO2/c1-3-5-9-12-16(14(4-2)15(17)18)13-10-7-6-8-11-13/h6-8,10-11,14H,3-5,9,12H2,1-2H3,(H,17,18). The van der Waals surface area contributed by atoms with E-state index in [4.69, 9.17) is 0 Å². The van der Waals surface area contributed by atoms with E-state index in [0.29, 0.717) is 6.42 Å². The number of anilines is 1. The number of benzene rings is 1. The van der Waals surface area contributed by atoms with Crippen molar-refractivity contribution in [1.82, 2.24) is 0 Å². The molecule has 3 nitrogen and oxygen atoms in total. The van der Waals surface area contributed by atoms with Crippen molar-refractivity contribution in [2.45, 2.75) is 45.6 Å². The van der Waals surface area contributed by atoms with Gasteiger partial charge in [-0.15, -0.1) is 0 Å². The van der Waals surface area contributed by atoms with Gasteiger partial charge in [-0.25, -0.2) is 4.79 Å². The first kappa shape index (κ1) is 14.6. The van der Waals surface area contributed by atoms with Crippen LogP contribution in [0.3, 0.4) is 0 Å². The van der Waals surface area contributed by atoms with Gasteiger partial charge in [-0.1, -0.05) is 44.9 Å². The van der Waals surface area contributed by atoms with Crippen molar-refractivity contribution >= 4 is 11.7 Å². The van der Waals surface area contributed by atoms with Crippen molar-refractivity contribution in [3.63, 3.8) is 0 Å². The molecule has 0 aliphatic rings. The molecule has 100 valence electrons. The maximum absolute atomic E-state index is 11.3. The van der Waals surface area contributed by atoms with E-state index in [1.54, 1.807) is 0 Å². The molecule has 0 aliphatic heterocycles. The molecule has 1 atom stereocenters. The van der Waals surface area contributed by atoms with Crippen LogP contribution in [0.5, 0.6) is 0 Å². The fourth-order valence-electron chi connectivity index (χ4n) is 2.14. The number of nitrogens with zero attached hydrogens (tertiary/aromatic N) is 1. The zero-order valence-electron chi connectivity index (χ0n) is 11.3. The molecule has 0 saturated heterocycles. The molecule has 18 heavy (non-hydrogen) atoms. The third kappa shape index (κ3) is 4.06. The second-order valence-corrected chi connectivity index (χ2v) is 4.50. The molecule has 1 aromatic rings. The molecule has 1 N–H and O–H groups in total. The summed E-state index contributed by atoms with van der Waals surface area (Å²) in [6, 6.07) is 9.40. The summed E-state index contributed by atoms with van der Waals surface area (Å²) in [5, 5.41) is 9.32. The van der Waals surface area contributed by atoms with Crippen LogP contribution in [0, 0.1) is 0 Å². The number of para-hydroxylation sites is 1. The van der Waals surface area contributed by atoms with E-state index in [1.807, 2.05) is 42.2 Å². The first-order valence-electron chi connectivity index (χ1n) is 6.75. The van der Waals surface area contributed by atoms with E-state index < -0.39 is 12.0 Å². The smallest absolute Gasteiger partial charge is 0.326 e. The molecule has 1 aromatic carbocycles. The molecule has 0 fully saturated rings. The lowest BCUT2D eigenvalue weighted by Gasteiger charge is -2.30. The van der Waals surface area contributed by atoms with Crippen LogP contribution >= 0.6 is 0 Å². The summed E-state index contributed by atoms with van der Waals surface area (Å²) in [4.78, 5) is 13.3. The molecular formula is C15H23NO2. The third-order valence-corrected chi connectivity index (χ3v) is 3.14.